The van der Waals surface area contributed by atoms with E-state index in [4.69, 9.17) is 22.1 Å². The lowest BCUT2D eigenvalue weighted by atomic mass is 10.1. The first kappa shape index (κ1) is 16.0. The van der Waals surface area contributed by atoms with E-state index < -0.39 is 0 Å². The summed E-state index contributed by atoms with van der Waals surface area (Å²) in [4.78, 5) is 14.3. The maximum absolute atomic E-state index is 12.3. The molecule has 6 nitrogen and oxygen atoms in total. The quantitative estimate of drug-likeness (QED) is 0.720. The second kappa shape index (κ2) is 7.09. The first-order chi connectivity index (χ1) is 10.0. The lowest BCUT2D eigenvalue weighted by molar-refractivity contribution is -0.125. The van der Waals surface area contributed by atoms with E-state index in [1.54, 1.807) is 25.1 Å². The monoisotopic (exact) mass is 313 g/mol. The summed E-state index contributed by atoms with van der Waals surface area (Å²) in [5.74, 6) is -0.177. The topological polar surface area (TPSA) is 87.8 Å². The van der Waals surface area contributed by atoms with Crippen LogP contribution in [0.3, 0.4) is 0 Å². The Morgan fingerprint density at radius 3 is 3.10 bits per heavy atom. The summed E-state index contributed by atoms with van der Waals surface area (Å²) in [5, 5.41) is 12.7. The molecule has 1 aromatic rings. The SMILES string of the molecule is CC(C(=O)Nc1ccc(Cl)cc1N)N1CCOCC1CO. The predicted molar refractivity (Wildman–Crippen MR) is 82.4 cm³/mol. The summed E-state index contributed by atoms with van der Waals surface area (Å²) in [6, 6.07) is 4.38. The molecule has 0 aromatic heterocycles. The molecule has 1 saturated heterocycles. The number of hydrogen-bond donors (Lipinski definition) is 3. The van der Waals surface area contributed by atoms with Crippen LogP contribution in [0.15, 0.2) is 18.2 Å². The fraction of sp³-hybridized carbons (Fsp3) is 0.500. The van der Waals surface area contributed by atoms with Gasteiger partial charge in [-0.25, -0.2) is 0 Å². The molecular formula is C14H20ClN3O3. The number of ether oxygens (including phenoxy) is 1. The number of carbonyl (C=O) groups is 1. The standard InChI is InChI=1S/C14H20ClN3O3/c1-9(18-4-5-21-8-11(18)7-19)14(20)17-13-3-2-10(15)6-12(13)16/h2-3,6,9,11,19H,4-5,7-8,16H2,1H3,(H,17,20). The normalized spacial score (nSPS) is 21.0. The van der Waals surface area contributed by atoms with Crippen LogP contribution in [-0.4, -0.2) is 54.4 Å². The summed E-state index contributed by atoms with van der Waals surface area (Å²) in [7, 11) is 0. The number of hydrogen-bond acceptors (Lipinski definition) is 5. The summed E-state index contributed by atoms with van der Waals surface area (Å²) >= 11 is 5.83. The van der Waals surface area contributed by atoms with E-state index in [2.05, 4.69) is 5.32 Å². The molecule has 21 heavy (non-hydrogen) atoms. The number of nitrogens with zero attached hydrogens (tertiary/aromatic N) is 1. The molecule has 1 fully saturated rings. The number of benzene rings is 1. The maximum atomic E-state index is 12.3. The smallest absolute Gasteiger partial charge is 0.241 e. The average Bonchev–Trinajstić information content (AvgIpc) is 2.49. The van der Waals surface area contributed by atoms with Gasteiger partial charge >= 0.3 is 0 Å². The van der Waals surface area contributed by atoms with Crippen LogP contribution in [0.1, 0.15) is 6.92 Å². The highest BCUT2D eigenvalue weighted by Crippen LogP contribution is 2.23. The zero-order chi connectivity index (χ0) is 15.4. The van der Waals surface area contributed by atoms with Gasteiger partial charge in [-0.3, -0.25) is 9.69 Å². The lowest BCUT2D eigenvalue weighted by Crippen LogP contribution is -2.55. The first-order valence-corrected chi connectivity index (χ1v) is 7.21. The van der Waals surface area contributed by atoms with Crippen molar-refractivity contribution in [2.24, 2.45) is 0 Å². The second-order valence-electron chi connectivity index (χ2n) is 5.05. The summed E-state index contributed by atoms with van der Waals surface area (Å²) in [5.41, 5.74) is 6.78. The van der Waals surface area contributed by atoms with Crippen LogP contribution in [0.2, 0.25) is 5.02 Å². The van der Waals surface area contributed by atoms with Gasteiger partial charge in [0.15, 0.2) is 0 Å². The van der Waals surface area contributed by atoms with E-state index in [9.17, 15) is 9.90 Å². The molecule has 0 radical (unpaired) electrons. The Morgan fingerprint density at radius 2 is 2.43 bits per heavy atom. The van der Waals surface area contributed by atoms with Crippen molar-refractivity contribution in [2.45, 2.75) is 19.0 Å². The van der Waals surface area contributed by atoms with E-state index in [1.165, 1.54) is 0 Å². The Balaban J connectivity index is 2.04. The Bertz CT molecular complexity index is 512. The van der Waals surface area contributed by atoms with Gasteiger partial charge in [0.05, 0.1) is 43.3 Å². The molecule has 0 aliphatic carbocycles. The molecule has 7 heteroatoms. The molecule has 116 valence electrons. The minimum Gasteiger partial charge on any atom is -0.397 e. The zero-order valence-electron chi connectivity index (χ0n) is 11.9. The maximum Gasteiger partial charge on any atom is 0.241 e. The third-order valence-electron chi connectivity index (χ3n) is 3.63. The van der Waals surface area contributed by atoms with E-state index in [1.807, 2.05) is 4.90 Å². The zero-order valence-corrected chi connectivity index (χ0v) is 12.6. The molecule has 1 amide bonds. The van der Waals surface area contributed by atoms with E-state index in [0.29, 0.717) is 36.2 Å². The number of amides is 1. The van der Waals surface area contributed by atoms with Crippen molar-refractivity contribution in [2.75, 3.05) is 37.4 Å². The number of halogens is 1. The van der Waals surface area contributed by atoms with Crippen LogP contribution in [0.5, 0.6) is 0 Å². The molecule has 1 aromatic carbocycles. The number of aliphatic hydroxyl groups excluding tert-OH is 1. The highest BCUT2D eigenvalue weighted by molar-refractivity contribution is 6.31. The minimum absolute atomic E-state index is 0.0410. The number of rotatable bonds is 4. The fourth-order valence-corrected chi connectivity index (χ4v) is 2.55. The van der Waals surface area contributed by atoms with Crippen LogP contribution < -0.4 is 11.1 Å². The molecule has 1 aliphatic heterocycles. The van der Waals surface area contributed by atoms with Crippen LogP contribution >= 0.6 is 11.6 Å². The number of nitrogens with one attached hydrogen (secondary N) is 1. The number of anilines is 2. The molecule has 1 heterocycles. The van der Waals surface area contributed by atoms with Gasteiger partial charge in [-0.1, -0.05) is 11.6 Å². The van der Waals surface area contributed by atoms with E-state index >= 15 is 0 Å². The molecule has 2 unspecified atom stereocenters. The second-order valence-corrected chi connectivity index (χ2v) is 5.48. The minimum atomic E-state index is -0.388. The van der Waals surface area contributed by atoms with Crippen molar-refractivity contribution in [1.82, 2.24) is 4.90 Å². The molecular weight excluding hydrogens is 294 g/mol. The number of carbonyl (C=O) groups excluding carboxylic acids is 1. The van der Waals surface area contributed by atoms with E-state index in [-0.39, 0.29) is 24.6 Å². The highest BCUT2D eigenvalue weighted by atomic mass is 35.5. The Hall–Kier alpha value is -1.34. The third kappa shape index (κ3) is 3.85. The van der Waals surface area contributed by atoms with Crippen LogP contribution in [0.4, 0.5) is 11.4 Å². The molecule has 1 aliphatic rings. The van der Waals surface area contributed by atoms with Crippen LogP contribution in [-0.2, 0) is 9.53 Å². The van der Waals surface area contributed by atoms with Crippen molar-refractivity contribution < 1.29 is 14.6 Å². The average molecular weight is 314 g/mol. The highest BCUT2D eigenvalue weighted by Gasteiger charge is 2.30. The summed E-state index contributed by atoms with van der Waals surface area (Å²) in [6.07, 6.45) is 0. The number of nitrogens with two attached hydrogens (primary N) is 1. The number of morpholine rings is 1. The van der Waals surface area contributed by atoms with Gasteiger partial charge < -0.3 is 20.9 Å². The Labute approximate surface area is 128 Å². The molecule has 2 atom stereocenters. The van der Waals surface area contributed by atoms with Crippen molar-refractivity contribution in [3.63, 3.8) is 0 Å². The molecule has 2 rings (SSSR count). The lowest BCUT2D eigenvalue weighted by Gasteiger charge is -2.37. The summed E-state index contributed by atoms with van der Waals surface area (Å²) < 4.78 is 5.32. The van der Waals surface area contributed by atoms with Crippen molar-refractivity contribution in [3.8, 4) is 0 Å². The summed E-state index contributed by atoms with van der Waals surface area (Å²) in [6.45, 7) is 3.35. The van der Waals surface area contributed by atoms with Gasteiger partial charge in [0, 0.05) is 11.6 Å². The Kier molecular flexibility index (Phi) is 5.41. The number of nitrogen functional groups attached to an aromatic ring is 1. The molecule has 4 N–H and O–H groups in total. The number of aliphatic hydroxyl groups is 1. The van der Waals surface area contributed by atoms with E-state index in [0.717, 1.165) is 0 Å². The van der Waals surface area contributed by atoms with Crippen molar-refractivity contribution in [3.05, 3.63) is 23.2 Å². The predicted octanol–water partition coefficient (Wildman–Crippen LogP) is 0.942. The van der Waals surface area contributed by atoms with Crippen LogP contribution in [0.25, 0.3) is 0 Å². The third-order valence-corrected chi connectivity index (χ3v) is 3.87. The van der Waals surface area contributed by atoms with Crippen molar-refractivity contribution >= 4 is 28.9 Å². The largest absolute Gasteiger partial charge is 0.397 e. The van der Waals surface area contributed by atoms with Gasteiger partial charge in [0.2, 0.25) is 5.91 Å². The van der Waals surface area contributed by atoms with Gasteiger partial charge in [-0.2, -0.15) is 0 Å². The first-order valence-electron chi connectivity index (χ1n) is 6.83. The van der Waals surface area contributed by atoms with Gasteiger partial charge in [0.25, 0.3) is 0 Å². The Morgan fingerprint density at radius 1 is 1.67 bits per heavy atom. The molecule has 0 saturated carbocycles. The molecule has 0 spiro atoms. The van der Waals surface area contributed by atoms with Crippen molar-refractivity contribution in [1.29, 1.82) is 0 Å². The van der Waals surface area contributed by atoms with Gasteiger partial charge in [-0.15, -0.1) is 0 Å². The fourth-order valence-electron chi connectivity index (χ4n) is 2.37. The van der Waals surface area contributed by atoms with Gasteiger partial charge in [0.1, 0.15) is 0 Å². The van der Waals surface area contributed by atoms with Crippen LogP contribution in [0, 0.1) is 0 Å². The van der Waals surface area contributed by atoms with Gasteiger partial charge in [-0.05, 0) is 25.1 Å². The molecule has 0 bridgehead atoms.